The zero-order valence-corrected chi connectivity index (χ0v) is 9.59. The van der Waals surface area contributed by atoms with E-state index in [1.807, 2.05) is 30.3 Å². The quantitative estimate of drug-likeness (QED) is 0.670. The summed E-state index contributed by atoms with van der Waals surface area (Å²) in [4.78, 5) is 4.41. The van der Waals surface area contributed by atoms with Gasteiger partial charge in [-0.15, -0.1) is 5.10 Å². The predicted molar refractivity (Wildman–Crippen MR) is 67.8 cm³/mol. The first kappa shape index (κ1) is 10.1. The Morgan fingerprint density at radius 2 is 1.82 bits per heavy atom. The number of nitrogens with two attached hydrogens (primary N) is 1. The van der Waals surface area contributed by atoms with Crippen molar-refractivity contribution in [2.75, 3.05) is 5.73 Å². The molecule has 0 atom stereocenters. The summed E-state index contributed by atoms with van der Waals surface area (Å²) in [5.41, 5.74) is 8.05. The average Bonchev–Trinajstić information content (AvgIpc) is 2.72. The standard InChI is InChI=1S/C12H9ClN4/c13-9-3-6-11-15-12(16-17(11)7-9)8-1-4-10(14)5-2-8/h1-7H,14H2. The number of aromatic nitrogens is 3. The molecule has 2 heterocycles. The van der Waals surface area contributed by atoms with E-state index in [9.17, 15) is 0 Å². The lowest BCUT2D eigenvalue weighted by Gasteiger charge is -1.95. The predicted octanol–water partition coefficient (Wildman–Crippen LogP) is 2.63. The van der Waals surface area contributed by atoms with Gasteiger partial charge in [-0.25, -0.2) is 9.50 Å². The number of hydrogen-bond acceptors (Lipinski definition) is 3. The number of rotatable bonds is 1. The molecule has 17 heavy (non-hydrogen) atoms. The number of halogens is 1. The molecule has 0 spiro atoms. The van der Waals surface area contributed by atoms with Crippen LogP contribution < -0.4 is 5.73 Å². The Morgan fingerprint density at radius 1 is 1.06 bits per heavy atom. The van der Waals surface area contributed by atoms with Crippen LogP contribution >= 0.6 is 11.6 Å². The molecule has 2 aromatic heterocycles. The van der Waals surface area contributed by atoms with E-state index < -0.39 is 0 Å². The maximum Gasteiger partial charge on any atom is 0.182 e. The number of pyridine rings is 1. The summed E-state index contributed by atoms with van der Waals surface area (Å²) >= 11 is 5.89. The van der Waals surface area contributed by atoms with Crippen LogP contribution in [0.5, 0.6) is 0 Å². The van der Waals surface area contributed by atoms with Gasteiger partial charge in [0, 0.05) is 17.4 Å². The second kappa shape index (κ2) is 3.75. The summed E-state index contributed by atoms with van der Waals surface area (Å²) in [6.45, 7) is 0. The Kier molecular flexibility index (Phi) is 2.23. The van der Waals surface area contributed by atoms with Crippen molar-refractivity contribution in [3.63, 3.8) is 0 Å². The number of hydrogen-bond donors (Lipinski definition) is 1. The molecule has 0 saturated carbocycles. The van der Waals surface area contributed by atoms with Crippen molar-refractivity contribution in [3.8, 4) is 11.4 Å². The van der Waals surface area contributed by atoms with Crippen LogP contribution in [-0.2, 0) is 0 Å². The minimum atomic E-state index is 0.631. The molecule has 2 N–H and O–H groups in total. The highest BCUT2D eigenvalue weighted by molar-refractivity contribution is 6.30. The van der Waals surface area contributed by atoms with Crippen LogP contribution in [0.4, 0.5) is 5.69 Å². The summed E-state index contributed by atoms with van der Waals surface area (Å²) in [6, 6.07) is 11.1. The van der Waals surface area contributed by atoms with E-state index in [0.29, 0.717) is 10.8 Å². The third kappa shape index (κ3) is 1.83. The second-order valence-corrected chi connectivity index (χ2v) is 4.14. The van der Waals surface area contributed by atoms with Crippen LogP contribution in [0.2, 0.25) is 5.02 Å². The molecule has 0 bridgehead atoms. The van der Waals surface area contributed by atoms with Gasteiger partial charge in [0.15, 0.2) is 11.5 Å². The first-order valence-corrected chi connectivity index (χ1v) is 5.48. The van der Waals surface area contributed by atoms with Crippen LogP contribution in [-0.4, -0.2) is 14.6 Å². The summed E-state index contributed by atoms with van der Waals surface area (Å²) in [5, 5.41) is 4.98. The molecule has 0 aliphatic heterocycles. The van der Waals surface area contributed by atoms with E-state index in [1.165, 1.54) is 0 Å². The van der Waals surface area contributed by atoms with Crippen molar-refractivity contribution in [2.45, 2.75) is 0 Å². The van der Waals surface area contributed by atoms with Gasteiger partial charge in [0.05, 0.1) is 5.02 Å². The summed E-state index contributed by atoms with van der Waals surface area (Å²) in [5.74, 6) is 0.660. The van der Waals surface area contributed by atoms with E-state index in [4.69, 9.17) is 17.3 Å². The molecular weight excluding hydrogens is 236 g/mol. The summed E-state index contributed by atoms with van der Waals surface area (Å²) in [7, 11) is 0. The van der Waals surface area contributed by atoms with E-state index in [2.05, 4.69) is 10.1 Å². The number of nitrogen functional groups attached to an aromatic ring is 1. The van der Waals surface area contributed by atoms with Gasteiger partial charge in [-0.2, -0.15) is 0 Å². The van der Waals surface area contributed by atoms with Gasteiger partial charge in [0.2, 0.25) is 0 Å². The molecule has 0 radical (unpaired) electrons. The van der Waals surface area contributed by atoms with Crippen LogP contribution in [0.1, 0.15) is 0 Å². The first-order valence-electron chi connectivity index (χ1n) is 5.10. The lowest BCUT2D eigenvalue weighted by molar-refractivity contribution is 0.966. The third-order valence-electron chi connectivity index (χ3n) is 2.46. The maximum absolute atomic E-state index is 5.89. The van der Waals surface area contributed by atoms with Gasteiger partial charge in [0.25, 0.3) is 0 Å². The molecule has 0 saturated heterocycles. The fourth-order valence-corrected chi connectivity index (χ4v) is 1.77. The van der Waals surface area contributed by atoms with E-state index in [0.717, 1.165) is 16.9 Å². The number of fused-ring (bicyclic) bond motifs is 1. The van der Waals surface area contributed by atoms with Crippen LogP contribution in [0.3, 0.4) is 0 Å². The second-order valence-electron chi connectivity index (χ2n) is 3.71. The van der Waals surface area contributed by atoms with E-state index in [1.54, 1.807) is 16.8 Å². The highest BCUT2D eigenvalue weighted by Crippen LogP contribution is 2.18. The monoisotopic (exact) mass is 244 g/mol. The summed E-state index contributed by atoms with van der Waals surface area (Å²) in [6.07, 6.45) is 1.73. The topological polar surface area (TPSA) is 56.2 Å². The molecule has 3 aromatic rings. The number of nitrogens with zero attached hydrogens (tertiary/aromatic N) is 3. The molecule has 0 aliphatic rings. The van der Waals surface area contributed by atoms with Crippen LogP contribution in [0, 0.1) is 0 Å². The smallest absolute Gasteiger partial charge is 0.182 e. The fourth-order valence-electron chi connectivity index (χ4n) is 1.61. The van der Waals surface area contributed by atoms with Gasteiger partial charge in [-0.1, -0.05) is 11.6 Å². The molecule has 5 heteroatoms. The normalized spacial score (nSPS) is 10.9. The molecule has 3 rings (SSSR count). The van der Waals surface area contributed by atoms with Crippen molar-refractivity contribution in [3.05, 3.63) is 47.6 Å². The fraction of sp³-hybridized carbons (Fsp3) is 0. The molecule has 0 amide bonds. The van der Waals surface area contributed by atoms with E-state index >= 15 is 0 Å². The molecule has 84 valence electrons. The molecule has 1 aromatic carbocycles. The van der Waals surface area contributed by atoms with Gasteiger partial charge >= 0.3 is 0 Å². The Morgan fingerprint density at radius 3 is 2.59 bits per heavy atom. The Balaban J connectivity index is 2.14. The van der Waals surface area contributed by atoms with Crippen molar-refractivity contribution in [1.29, 1.82) is 0 Å². The Hall–Kier alpha value is -2.07. The number of benzene rings is 1. The lowest BCUT2D eigenvalue weighted by Crippen LogP contribution is -1.87. The maximum atomic E-state index is 5.89. The summed E-state index contributed by atoms with van der Waals surface area (Å²) < 4.78 is 1.66. The molecule has 0 aliphatic carbocycles. The average molecular weight is 245 g/mol. The Labute approximate surface area is 103 Å². The Bertz CT molecular complexity index is 673. The minimum Gasteiger partial charge on any atom is -0.399 e. The van der Waals surface area contributed by atoms with Crippen molar-refractivity contribution < 1.29 is 0 Å². The SMILES string of the molecule is Nc1ccc(-c2nc3ccc(Cl)cn3n2)cc1. The lowest BCUT2D eigenvalue weighted by atomic mass is 10.2. The van der Waals surface area contributed by atoms with Crippen LogP contribution in [0.15, 0.2) is 42.6 Å². The molecule has 4 nitrogen and oxygen atoms in total. The van der Waals surface area contributed by atoms with Gasteiger partial charge in [-0.05, 0) is 36.4 Å². The highest BCUT2D eigenvalue weighted by atomic mass is 35.5. The van der Waals surface area contributed by atoms with Gasteiger partial charge in [-0.3, -0.25) is 0 Å². The van der Waals surface area contributed by atoms with E-state index in [-0.39, 0.29) is 0 Å². The van der Waals surface area contributed by atoms with Gasteiger partial charge in [0.1, 0.15) is 0 Å². The van der Waals surface area contributed by atoms with Crippen molar-refractivity contribution in [2.24, 2.45) is 0 Å². The molecule has 0 fully saturated rings. The first-order chi connectivity index (χ1) is 8.22. The zero-order chi connectivity index (χ0) is 11.8. The largest absolute Gasteiger partial charge is 0.399 e. The van der Waals surface area contributed by atoms with Gasteiger partial charge < -0.3 is 5.73 Å². The zero-order valence-electron chi connectivity index (χ0n) is 8.84. The third-order valence-corrected chi connectivity index (χ3v) is 2.69. The molecule has 0 unspecified atom stereocenters. The minimum absolute atomic E-state index is 0.631. The van der Waals surface area contributed by atoms with Crippen molar-refractivity contribution in [1.82, 2.24) is 14.6 Å². The van der Waals surface area contributed by atoms with Crippen molar-refractivity contribution >= 4 is 22.9 Å². The number of anilines is 1. The van der Waals surface area contributed by atoms with Crippen LogP contribution in [0.25, 0.3) is 17.0 Å². The highest BCUT2D eigenvalue weighted by Gasteiger charge is 2.05. The molecular formula is C12H9ClN4.